The van der Waals surface area contributed by atoms with Crippen LogP contribution in [0.5, 0.6) is 5.75 Å². The summed E-state index contributed by atoms with van der Waals surface area (Å²) < 4.78 is 7.94. The van der Waals surface area contributed by atoms with Crippen LogP contribution in [0.3, 0.4) is 0 Å². The Hall–Kier alpha value is 0.130. The van der Waals surface area contributed by atoms with Crippen LogP contribution in [0.2, 0.25) is 0 Å². The first-order valence-electron chi connectivity index (χ1n) is 4.10. The number of alkyl halides is 2. The fourth-order valence-corrected chi connectivity index (χ4v) is 1.80. The SMILES string of the molecule is OP(O)(=S)OCC(Cl)(Cl)Oc1ccccc1. The molecule has 0 saturated carbocycles. The highest BCUT2D eigenvalue weighted by molar-refractivity contribution is 8.06. The molecule has 8 heteroatoms. The van der Waals surface area contributed by atoms with E-state index in [1.165, 1.54) is 0 Å². The molecule has 0 bridgehead atoms. The molecule has 0 aliphatic carbocycles. The molecular formula is C8H9Cl2O4PS. The Morgan fingerprint density at radius 2 is 1.81 bits per heavy atom. The van der Waals surface area contributed by atoms with E-state index in [0.717, 1.165) is 0 Å². The number of para-hydroxylation sites is 1. The summed E-state index contributed by atoms with van der Waals surface area (Å²) in [7, 11) is 0. The summed E-state index contributed by atoms with van der Waals surface area (Å²) in [5.41, 5.74) is 0. The Morgan fingerprint density at radius 1 is 1.25 bits per heavy atom. The van der Waals surface area contributed by atoms with Gasteiger partial charge in [-0.25, -0.2) is 0 Å². The summed E-state index contributed by atoms with van der Waals surface area (Å²) in [6.45, 7) is -4.23. The summed E-state index contributed by atoms with van der Waals surface area (Å²) in [6.07, 6.45) is 0. The second-order valence-electron chi connectivity index (χ2n) is 2.82. The molecule has 0 aromatic heterocycles. The molecule has 16 heavy (non-hydrogen) atoms. The minimum absolute atomic E-state index is 0.431. The zero-order valence-corrected chi connectivity index (χ0v) is 11.1. The zero-order valence-electron chi connectivity index (χ0n) is 7.92. The Balaban J connectivity index is 2.55. The largest absolute Gasteiger partial charge is 0.456 e. The van der Waals surface area contributed by atoms with Gasteiger partial charge in [-0.3, -0.25) is 0 Å². The van der Waals surface area contributed by atoms with Crippen LogP contribution < -0.4 is 4.74 Å². The van der Waals surface area contributed by atoms with Crippen LogP contribution in [0.25, 0.3) is 0 Å². The molecule has 0 heterocycles. The monoisotopic (exact) mass is 302 g/mol. The van der Waals surface area contributed by atoms with Crippen LogP contribution in [0, 0.1) is 0 Å². The summed E-state index contributed by atoms with van der Waals surface area (Å²) in [6, 6.07) is 8.57. The van der Waals surface area contributed by atoms with Crippen LogP contribution in [-0.2, 0) is 16.3 Å². The summed E-state index contributed by atoms with van der Waals surface area (Å²) in [5.74, 6) is 0.431. The third-order valence-electron chi connectivity index (χ3n) is 1.41. The van der Waals surface area contributed by atoms with Crippen molar-refractivity contribution in [3.05, 3.63) is 30.3 Å². The minimum atomic E-state index is -3.78. The highest BCUT2D eigenvalue weighted by Gasteiger charge is 2.29. The van der Waals surface area contributed by atoms with Gasteiger partial charge < -0.3 is 19.0 Å². The third-order valence-corrected chi connectivity index (χ3v) is 2.57. The van der Waals surface area contributed by atoms with Crippen LogP contribution in [0.15, 0.2) is 30.3 Å². The minimum Gasteiger partial charge on any atom is -0.456 e. The molecule has 0 spiro atoms. The average Bonchev–Trinajstić information content (AvgIpc) is 2.15. The second-order valence-corrected chi connectivity index (χ2v) is 6.90. The molecule has 0 fully saturated rings. The molecule has 0 saturated heterocycles. The van der Waals surface area contributed by atoms with Crippen LogP contribution in [0.1, 0.15) is 0 Å². The van der Waals surface area contributed by atoms with Crippen molar-refractivity contribution in [1.29, 1.82) is 0 Å². The number of benzene rings is 1. The molecule has 4 nitrogen and oxygen atoms in total. The third kappa shape index (κ3) is 6.01. The topological polar surface area (TPSA) is 58.9 Å². The maximum Gasteiger partial charge on any atom is 0.322 e. The molecule has 0 aliphatic heterocycles. The van der Waals surface area contributed by atoms with Gasteiger partial charge in [-0.2, -0.15) is 0 Å². The Kier molecular flexibility index (Phi) is 5.01. The van der Waals surface area contributed by atoms with E-state index in [-0.39, 0.29) is 0 Å². The van der Waals surface area contributed by atoms with E-state index in [1.54, 1.807) is 30.3 Å². The van der Waals surface area contributed by atoms with Crippen LogP contribution in [-0.4, -0.2) is 20.9 Å². The highest BCUT2D eigenvalue weighted by Crippen LogP contribution is 2.39. The van der Waals surface area contributed by atoms with Crippen molar-refractivity contribution in [3.63, 3.8) is 0 Å². The Morgan fingerprint density at radius 3 is 2.31 bits per heavy atom. The maximum atomic E-state index is 8.83. The molecular weight excluding hydrogens is 294 g/mol. The van der Waals surface area contributed by atoms with Gasteiger partial charge in [0.05, 0.1) is 0 Å². The Labute approximate surface area is 108 Å². The predicted octanol–water partition coefficient (Wildman–Crippen LogP) is 2.42. The summed E-state index contributed by atoms with van der Waals surface area (Å²) in [4.78, 5) is 17.7. The molecule has 1 aromatic carbocycles. The molecule has 0 unspecified atom stereocenters. The number of hydrogen-bond acceptors (Lipinski definition) is 3. The molecule has 0 aliphatic rings. The van der Waals surface area contributed by atoms with Crippen molar-refractivity contribution in [2.24, 2.45) is 0 Å². The fraction of sp³-hybridized carbons (Fsp3) is 0.250. The number of halogens is 2. The summed E-state index contributed by atoms with van der Waals surface area (Å²) >= 11 is 15.7. The van der Waals surface area contributed by atoms with Crippen molar-refractivity contribution in [2.45, 2.75) is 4.52 Å². The van der Waals surface area contributed by atoms with E-state index in [4.69, 9.17) is 37.7 Å². The van der Waals surface area contributed by atoms with Crippen molar-refractivity contribution in [3.8, 4) is 5.75 Å². The molecule has 1 rings (SSSR count). The second kappa shape index (κ2) is 5.65. The van der Waals surface area contributed by atoms with Gasteiger partial charge in [-0.05, 0) is 23.9 Å². The number of hydrogen-bond donors (Lipinski definition) is 2. The molecule has 1 aromatic rings. The van der Waals surface area contributed by atoms with E-state index in [0.29, 0.717) is 5.75 Å². The Bertz CT molecular complexity index is 381. The molecule has 0 radical (unpaired) electrons. The smallest absolute Gasteiger partial charge is 0.322 e. The quantitative estimate of drug-likeness (QED) is 0.646. The number of ether oxygens (including phenoxy) is 1. The van der Waals surface area contributed by atoms with Crippen molar-refractivity contribution in [2.75, 3.05) is 6.61 Å². The van der Waals surface area contributed by atoms with E-state index in [2.05, 4.69) is 16.3 Å². The lowest BCUT2D eigenvalue weighted by Crippen LogP contribution is -2.27. The van der Waals surface area contributed by atoms with E-state index in [9.17, 15) is 0 Å². The molecule has 90 valence electrons. The van der Waals surface area contributed by atoms with Crippen LogP contribution >= 0.6 is 29.9 Å². The zero-order chi connectivity index (χ0) is 12.2. The van der Waals surface area contributed by atoms with Crippen molar-refractivity contribution >= 4 is 41.7 Å². The first kappa shape index (κ1) is 14.2. The van der Waals surface area contributed by atoms with Gasteiger partial charge in [0, 0.05) is 0 Å². The average molecular weight is 303 g/mol. The molecule has 0 atom stereocenters. The lowest BCUT2D eigenvalue weighted by atomic mass is 10.3. The fourth-order valence-electron chi connectivity index (χ4n) is 0.850. The van der Waals surface area contributed by atoms with Gasteiger partial charge in [0.1, 0.15) is 12.4 Å². The predicted molar refractivity (Wildman–Crippen MR) is 66.2 cm³/mol. The van der Waals surface area contributed by atoms with Gasteiger partial charge >= 0.3 is 6.72 Å². The van der Waals surface area contributed by atoms with Crippen LogP contribution in [0.4, 0.5) is 0 Å². The normalized spacial score (nSPS) is 12.5. The van der Waals surface area contributed by atoms with Gasteiger partial charge in [-0.1, -0.05) is 41.4 Å². The lowest BCUT2D eigenvalue weighted by molar-refractivity contribution is 0.142. The van der Waals surface area contributed by atoms with E-state index < -0.39 is 17.8 Å². The first-order chi connectivity index (χ1) is 7.29. The first-order valence-corrected chi connectivity index (χ1v) is 7.49. The summed E-state index contributed by atoms with van der Waals surface area (Å²) in [5, 5.41) is 0. The van der Waals surface area contributed by atoms with Gasteiger partial charge in [0.2, 0.25) is 0 Å². The lowest BCUT2D eigenvalue weighted by Gasteiger charge is -2.22. The van der Waals surface area contributed by atoms with E-state index >= 15 is 0 Å². The molecule has 2 N–H and O–H groups in total. The highest BCUT2D eigenvalue weighted by atomic mass is 35.5. The van der Waals surface area contributed by atoms with Crippen molar-refractivity contribution in [1.82, 2.24) is 0 Å². The molecule has 0 amide bonds. The maximum absolute atomic E-state index is 8.83. The van der Waals surface area contributed by atoms with Gasteiger partial charge in [0.25, 0.3) is 4.52 Å². The van der Waals surface area contributed by atoms with E-state index in [1.807, 2.05) is 0 Å². The van der Waals surface area contributed by atoms with Gasteiger partial charge in [-0.15, -0.1) is 0 Å². The standard InChI is InChI=1S/C8H9Cl2O4PS/c9-8(10,6-13-15(11,12)16)14-7-4-2-1-3-5-7/h1-5H,6H2,(H2,11,12,16). The number of rotatable bonds is 5. The van der Waals surface area contributed by atoms with Gasteiger partial charge in [0.15, 0.2) is 0 Å². The van der Waals surface area contributed by atoms with Crippen molar-refractivity contribution < 1.29 is 19.0 Å².